The standard InChI is InChI=1S/C20H27N3O2/c1-4-23-18(12-15(3)22-23)20(24)21-13-17-6-5-11-25-19(17)16-9-7-14(2)8-10-16/h7-10,12,17,19H,4-6,11,13H2,1-3H3,(H,21,24)/t17-,19-/m0/s1. The highest BCUT2D eigenvalue weighted by atomic mass is 16.5. The number of amides is 1. The van der Waals surface area contributed by atoms with Gasteiger partial charge in [0, 0.05) is 25.6 Å². The van der Waals surface area contributed by atoms with Crippen LogP contribution in [0.4, 0.5) is 0 Å². The zero-order valence-corrected chi connectivity index (χ0v) is 15.3. The minimum atomic E-state index is -0.0596. The van der Waals surface area contributed by atoms with E-state index in [1.807, 2.05) is 19.9 Å². The van der Waals surface area contributed by atoms with E-state index in [9.17, 15) is 4.79 Å². The number of benzene rings is 1. The first-order chi connectivity index (χ1) is 12.1. The number of aryl methyl sites for hydroxylation is 3. The summed E-state index contributed by atoms with van der Waals surface area (Å²) in [7, 11) is 0. The van der Waals surface area contributed by atoms with Crippen molar-refractivity contribution in [2.45, 2.75) is 46.3 Å². The highest BCUT2D eigenvalue weighted by Crippen LogP contribution is 2.33. The van der Waals surface area contributed by atoms with Crippen LogP contribution >= 0.6 is 0 Å². The quantitative estimate of drug-likeness (QED) is 0.906. The molecule has 5 heteroatoms. The van der Waals surface area contributed by atoms with Crippen molar-refractivity contribution < 1.29 is 9.53 Å². The zero-order valence-electron chi connectivity index (χ0n) is 15.3. The van der Waals surface area contributed by atoms with Crippen LogP contribution in [0, 0.1) is 19.8 Å². The van der Waals surface area contributed by atoms with Crippen LogP contribution in [0.2, 0.25) is 0 Å². The monoisotopic (exact) mass is 341 g/mol. The van der Waals surface area contributed by atoms with Gasteiger partial charge in [-0.1, -0.05) is 29.8 Å². The minimum absolute atomic E-state index is 0.0486. The predicted molar refractivity (Wildman–Crippen MR) is 97.6 cm³/mol. The van der Waals surface area contributed by atoms with Gasteiger partial charge in [0.1, 0.15) is 5.69 Å². The van der Waals surface area contributed by atoms with Crippen molar-refractivity contribution in [3.8, 4) is 0 Å². The molecule has 1 fully saturated rings. The van der Waals surface area contributed by atoms with Gasteiger partial charge in [-0.15, -0.1) is 0 Å². The molecule has 25 heavy (non-hydrogen) atoms. The highest BCUT2D eigenvalue weighted by molar-refractivity contribution is 5.92. The number of aromatic nitrogens is 2. The fraction of sp³-hybridized carbons (Fsp3) is 0.500. The molecular weight excluding hydrogens is 314 g/mol. The Hall–Kier alpha value is -2.14. The van der Waals surface area contributed by atoms with E-state index in [2.05, 4.69) is 41.6 Å². The summed E-state index contributed by atoms with van der Waals surface area (Å²) in [5, 5.41) is 7.43. The number of carbonyl (C=O) groups excluding carboxylic acids is 1. The molecule has 1 aliphatic heterocycles. The number of rotatable bonds is 5. The largest absolute Gasteiger partial charge is 0.373 e. The molecule has 134 valence electrons. The van der Waals surface area contributed by atoms with Crippen LogP contribution in [0.1, 0.15) is 53.2 Å². The molecular formula is C20H27N3O2. The summed E-state index contributed by atoms with van der Waals surface area (Å²) in [5.41, 5.74) is 3.93. The van der Waals surface area contributed by atoms with E-state index >= 15 is 0 Å². The van der Waals surface area contributed by atoms with Crippen molar-refractivity contribution in [1.29, 1.82) is 0 Å². The lowest BCUT2D eigenvalue weighted by molar-refractivity contribution is -0.0272. The van der Waals surface area contributed by atoms with E-state index in [0.29, 0.717) is 24.7 Å². The fourth-order valence-corrected chi connectivity index (χ4v) is 3.46. The molecule has 0 spiro atoms. The van der Waals surface area contributed by atoms with Gasteiger partial charge in [0.05, 0.1) is 11.8 Å². The zero-order chi connectivity index (χ0) is 17.8. The molecule has 0 saturated carbocycles. The Kier molecular flexibility index (Phi) is 5.53. The van der Waals surface area contributed by atoms with Gasteiger partial charge in [-0.25, -0.2) is 0 Å². The summed E-state index contributed by atoms with van der Waals surface area (Å²) in [4.78, 5) is 12.6. The molecule has 2 heterocycles. The number of nitrogens with one attached hydrogen (secondary N) is 1. The molecule has 0 aliphatic carbocycles. The first kappa shape index (κ1) is 17.7. The van der Waals surface area contributed by atoms with E-state index in [-0.39, 0.29) is 12.0 Å². The molecule has 0 unspecified atom stereocenters. The molecule has 3 rings (SSSR count). The molecule has 5 nitrogen and oxygen atoms in total. The van der Waals surface area contributed by atoms with E-state index in [1.54, 1.807) is 4.68 Å². The summed E-state index contributed by atoms with van der Waals surface area (Å²) < 4.78 is 7.78. The van der Waals surface area contributed by atoms with Crippen molar-refractivity contribution >= 4 is 5.91 Å². The predicted octanol–water partition coefficient (Wildman–Crippen LogP) is 3.42. The molecule has 1 aromatic carbocycles. The normalized spacial score (nSPS) is 20.4. The van der Waals surface area contributed by atoms with Gasteiger partial charge in [-0.2, -0.15) is 5.10 Å². The summed E-state index contributed by atoms with van der Waals surface area (Å²) >= 11 is 0. The summed E-state index contributed by atoms with van der Waals surface area (Å²) in [5.74, 6) is 0.232. The molecule has 1 amide bonds. The van der Waals surface area contributed by atoms with Crippen LogP contribution in [0.5, 0.6) is 0 Å². The van der Waals surface area contributed by atoms with Crippen LogP contribution in [-0.4, -0.2) is 28.8 Å². The second-order valence-electron chi connectivity index (χ2n) is 6.80. The molecule has 0 bridgehead atoms. The molecule has 1 saturated heterocycles. The van der Waals surface area contributed by atoms with Crippen LogP contribution in [-0.2, 0) is 11.3 Å². The third-order valence-electron chi connectivity index (χ3n) is 4.81. The fourth-order valence-electron chi connectivity index (χ4n) is 3.46. The third-order valence-corrected chi connectivity index (χ3v) is 4.81. The second kappa shape index (κ2) is 7.83. The molecule has 1 aliphatic rings. The maximum atomic E-state index is 12.6. The van der Waals surface area contributed by atoms with Crippen molar-refractivity contribution in [3.63, 3.8) is 0 Å². The minimum Gasteiger partial charge on any atom is -0.373 e. The lowest BCUT2D eigenvalue weighted by Gasteiger charge is -2.32. The second-order valence-corrected chi connectivity index (χ2v) is 6.80. The maximum Gasteiger partial charge on any atom is 0.269 e. The van der Waals surface area contributed by atoms with E-state index in [4.69, 9.17) is 4.74 Å². The van der Waals surface area contributed by atoms with Gasteiger partial charge < -0.3 is 10.1 Å². The average molecular weight is 341 g/mol. The lowest BCUT2D eigenvalue weighted by atomic mass is 9.89. The first-order valence-corrected chi connectivity index (χ1v) is 9.09. The van der Waals surface area contributed by atoms with Crippen LogP contribution in [0.15, 0.2) is 30.3 Å². The molecule has 2 aromatic rings. The van der Waals surface area contributed by atoms with Gasteiger partial charge in [-0.3, -0.25) is 9.48 Å². The summed E-state index contributed by atoms with van der Waals surface area (Å²) in [6.45, 7) is 8.07. The molecule has 0 radical (unpaired) electrons. The molecule has 1 N–H and O–H groups in total. The topological polar surface area (TPSA) is 56.2 Å². The van der Waals surface area contributed by atoms with E-state index in [1.165, 1.54) is 11.1 Å². The summed E-state index contributed by atoms with van der Waals surface area (Å²) in [6, 6.07) is 10.3. The van der Waals surface area contributed by atoms with Crippen LogP contribution < -0.4 is 5.32 Å². The van der Waals surface area contributed by atoms with Crippen molar-refractivity contribution in [1.82, 2.24) is 15.1 Å². The molecule has 2 atom stereocenters. The summed E-state index contributed by atoms with van der Waals surface area (Å²) in [6.07, 6.45) is 2.15. The number of ether oxygens (including phenoxy) is 1. The number of nitrogens with zero attached hydrogens (tertiary/aromatic N) is 2. The van der Waals surface area contributed by atoms with Crippen LogP contribution in [0.3, 0.4) is 0 Å². The number of hydrogen-bond donors (Lipinski definition) is 1. The van der Waals surface area contributed by atoms with Gasteiger partial charge >= 0.3 is 0 Å². The Labute approximate surface area is 149 Å². The van der Waals surface area contributed by atoms with Crippen LogP contribution in [0.25, 0.3) is 0 Å². The van der Waals surface area contributed by atoms with Gasteiger partial charge in [0.2, 0.25) is 0 Å². The average Bonchev–Trinajstić information content (AvgIpc) is 3.02. The Morgan fingerprint density at radius 1 is 1.32 bits per heavy atom. The van der Waals surface area contributed by atoms with Gasteiger partial charge in [0.25, 0.3) is 5.91 Å². The highest BCUT2D eigenvalue weighted by Gasteiger charge is 2.28. The third kappa shape index (κ3) is 4.10. The Bertz CT molecular complexity index is 721. The van der Waals surface area contributed by atoms with E-state index in [0.717, 1.165) is 25.1 Å². The van der Waals surface area contributed by atoms with Crippen molar-refractivity contribution in [2.75, 3.05) is 13.2 Å². The number of carbonyl (C=O) groups is 1. The van der Waals surface area contributed by atoms with Crippen molar-refractivity contribution in [2.24, 2.45) is 5.92 Å². The lowest BCUT2D eigenvalue weighted by Crippen LogP contribution is -2.36. The smallest absolute Gasteiger partial charge is 0.269 e. The Balaban J connectivity index is 1.67. The molecule has 1 aromatic heterocycles. The van der Waals surface area contributed by atoms with Crippen molar-refractivity contribution in [3.05, 3.63) is 52.8 Å². The SMILES string of the molecule is CCn1nc(C)cc1C(=O)NC[C@@H]1CCCO[C@H]1c1ccc(C)cc1. The van der Waals surface area contributed by atoms with Gasteiger partial charge in [-0.05, 0) is 45.2 Å². The Morgan fingerprint density at radius 3 is 2.80 bits per heavy atom. The van der Waals surface area contributed by atoms with Gasteiger partial charge in [0.15, 0.2) is 0 Å². The Morgan fingerprint density at radius 2 is 2.08 bits per heavy atom. The number of hydrogen-bond acceptors (Lipinski definition) is 3. The van der Waals surface area contributed by atoms with E-state index < -0.39 is 0 Å². The first-order valence-electron chi connectivity index (χ1n) is 9.09. The maximum absolute atomic E-state index is 12.6.